The molecule has 0 spiro atoms. The van der Waals surface area contributed by atoms with Crippen molar-refractivity contribution >= 4 is 17.3 Å². The summed E-state index contributed by atoms with van der Waals surface area (Å²) in [5.74, 6) is 1.55. The minimum absolute atomic E-state index is 0.0379. The van der Waals surface area contributed by atoms with E-state index >= 15 is 0 Å². The lowest BCUT2D eigenvalue weighted by atomic mass is 10.2. The summed E-state index contributed by atoms with van der Waals surface area (Å²) >= 11 is 5.82. The summed E-state index contributed by atoms with van der Waals surface area (Å²) in [5, 5.41) is 18.9. The molecule has 0 saturated carbocycles. The predicted molar refractivity (Wildman–Crippen MR) is 72.0 cm³/mol. The standard InChI is InChI=1S/C12H13ClN4O2/c1-2-6-16-11(8-13)14-15-12(16)9-4-3-5-10(7-9)17(18)19/h3-5,7H,2,6,8H2,1H3. The molecular weight excluding hydrogens is 268 g/mol. The van der Waals surface area contributed by atoms with Gasteiger partial charge in [-0.2, -0.15) is 0 Å². The molecule has 0 bridgehead atoms. The van der Waals surface area contributed by atoms with Crippen LogP contribution in [-0.4, -0.2) is 19.7 Å². The second kappa shape index (κ2) is 5.79. The van der Waals surface area contributed by atoms with Crippen LogP contribution in [0.15, 0.2) is 24.3 Å². The molecule has 6 nitrogen and oxygen atoms in total. The fraction of sp³-hybridized carbons (Fsp3) is 0.333. The van der Waals surface area contributed by atoms with Gasteiger partial charge in [0.25, 0.3) is 5.69 Å². The van der Waals surface area contributed by atoms with Crippen LogP contribution in [0.25, 0.3) is 11.4 Å². The first-order valence-corrected chi connectivity index (χ1v) is 6.43. The number of hydrogen-bond donors (Lipinski definition) is 0. The molecule has 1 heterocycles. The van der Waals surface area contributed by atoms with Gasteiger partial charge in [0.05, 0.1) is 10.8 Å². The van der Waals surface area contributed by atoms with Gasteiger partial charge in [-0.1, -0.05) is 19.1 Å². The van der Waals surface area contributed by atoms with Gasteiger partial charge in [-0.25, -0.2) is 0 Å². The molecule has 2 rings (SSSR count). The van der Waals surface area contributed by atoms with Gasteiger partial charge in [0, 0.05) is 24.2 Å². The van der Waals surface area contributed by atoms with E-state index in [9.17, 15) is 10.1 Å². The van der Waals surface area contributed by atoms with Crippen molar-refractivity contribution in [3.8, 4) is 11.4 Å². The van der Waals surface area contributed by atoms with Crippen molar-refractivity contribution in [2.24, 2.45) is 0 Å². The zero-order valence-electron chi connectivity index (χ0n) is 10.4. The largest absolute Gasteiger partial charge is 0.310 e. The maximum Gasteiger partial charge on any atom is 0.270 e. The quantitative estimate of drug-likeness (QED) is 0.479. The molecular formula is C12H13ClN4O2. The van der Waals surface area contributed by atoms with Crippen LogP contribution in [-0.2, 0) is 12.4 Å². The molecule has 7 heteroatoms. The molecule has 100 valence electrons. The van der Waals surface area contributed by atoms with E-state index in [-0.39, 0.29) is 11.6 Å². The van der Waals surface area contributed by atoms with Crippen LogP contribution < -0.4 is 0 Å². The van der Waals surface area contributed by atoms with Gasteiger partial charge in [0.15, 0.2) is 5.82 Å². The van der Waals surface area contributed by atoms with Crippen LogP contribution in [0.4, 0.5) is 5.69 Å². The fourth-order valence-electron chi connectivity index (χ4n) is 1.86. The Labute approximate surface area is 115 Å². The normalized spacial score (nSPS) is 10.6. The Balaban J connectivity index is 2.49. The Kier molecular flexibility index (Phi) is 4.11. The van der Waals surface area contributed by atoms with E-state index in [4.69, 9.17) is 11.6 Å². The fourth-order valence-corrected chi connectivity index (χ4v) is 2.06. The van der Waals surface area contributed by atoms with Gasteiger partial charge >= 0.3 is 0 Å². The van der Waals surface area contributed by atoms with E-state index in [1.165, 1.54) is 12.1 Å². The summed E-state index contributed by atoms with van der Waals surface area (Å²) in [6.07, 6.45) is 0.907. The van der Waals surface area contributed by atoms with Crippen molar-refractivity contribution in [1.82, 2.24) is 14.8 Å². The van der Waals surface area contributed by atoms with Crippen molar-refractivity contribution in [1.29, 1.82) is 0 Å². The van der Waals surface area contributed by atoms with Crippen molar-refractivity contribution in [2.75, 3.05) is 0 Å². The molecule has 1 aromatic heterocycles. The van der Waals surface area contributed by atoms with Crippen LogP contribution >= 0.6 is 11.6 Å². The highest BCUT2D eigenvalue weighted by Crippen LogP contribution is 2.23. The van der Waals surface area contributed by atoms with Crippen LogP contribution in [0.1, 0.15) is 19.2 Å². The van der Waals surface area contributed by atoms with Crippen LogP contribution in [0.3, 0.4) is 0 Å². The van der Waals surface area contributed by atoms with E-state index in [2.05, 4.69) is 10.2 Å². The molecule has 0 radical (unpaired) electrons. The van der Waals surface area contributed by atoms with Crippen LogP contribution in [0.2, 0.25) is 0 Å². The summed E-state index contributed by atoms with van der Waals surface area (Å²) in [6, 6.07) is 6.36. The summed E-state index contributed by atoms with van der Waals surface area (Å²) in [4.78, 5) is 10.4. The second-order valence-electron chi connectivity index (χ2n) is 4.03. The number of nitrogens with zero attached hydrogens (tertiary/aromatic N) is 4. The van der Waals surface area contributed by atoms with E-state index in [1.54, 1.807) is 12.1 Å². The highest BCUT2D eigenvalue weighted by atomic mass is 35.5. The highest BCUT2D eigenvalue weighted by Gasteiger charge is 2.15. The van der Waals surface area contributed by atoms with Crippen molar-refractivity contribution in [3.05, 3.63) is 40.2 Å². The first kappa shape index (κ1) is 13.5. The van der Waals surface area contributed by atoms with Gasteiger partial charge in [-0.3, -0.25) is 10.1 Å². The number of aromatic nitrogens is 3. The number of rotatable bonds is 5. The van der Waals surface area contributed by atoms with E-state index in [1.807, 2.05) is 11.5 Å². The number of halogens is 1. The molecule has 0 N–H and O–H groups in total. The predicted octanol–water partition coefficient (Wildman–Crippen LogP) is 3.00. The molecule has 0 aliphatic heterocycles. The number of non-ortho nitro benzene ring substituents is 1. The van der Waals surface area contributed by atoms with Crippen LogP contribution in [0.5, 0.6) is 0 Å². The molecule has 0 saturated heterocycles. The number of alkyl halides is 1. The molecule has 0 fully saturated rings. The lowest BCUT2D eigenvalue weighted by Crippen LogP contribution is -2.04. The second-order valence-corrected chi connectivity index (χ2v) is 4.30. The maximum atomic E-state index is 10.8. The Morgan fingerprint density at radius 3 is 2.84 bits per heavy atom. The van der Waals surface area contributed by atoms with Crippen molar-refractivity contribution in [3.63, 3.8) is 0 Å². The first-order valence-electron chi connectivity index (χ1n) is 5.90. The molecule has 0 atom stereocenters. The monoisotopic (exact) mass is 280 g/mol. The van der Waals surface area contributed by atoms with Gasteiger partial charge in [-0.05, 0) is 6.42 Å². The minimum Gasteiger partial charge on any atom is -0.310 e. The average molecular weight is 281 g/mol. The summed E-state index contributed by atoms with van der Waals surface area (Å²) < 4.78 is 1.89. The maximum absolute atomic E-state index is 10.8. The SMILES string of the molecule is CCCn1c(CCl)nnc1-c1cccc([N+](=O)[O-])c1. The Bertz CT molecular complexity index is 597. The Hall–Kier alpha value is -1.95. The van der Waals surface area contributed by atoms with Gasteiger partial charge in [-0.15, -0.1) is 21.8 Å². The zero-order valence-corrected chi connectivity index (χ0v) is 11.2. The third-order valence-electron chi connectivity index (χ3n) is 2.71. The molecule has 2 aromatic rings. The Morgan fingerprint density at radius 1 is 1.42 bits per heavy atom. The summed E-state index contributed by atoms with van der Waals surface area (Å²) in [7, 11) is 0. The topological polar surface area (TPSA) is 73.8 Å². The number of hydrogen-bond acceptors (Lipinski definition) is 4. The Morgan fingerprint density at radius 2 is 2.21 bits per heavy atom. The minimum atomic E-state index is -0.424. The van der Waals surface area contributed by atoms with E-state index in [0.717, 1.165) is 13.0 Å². The molecule has 1 aromatic carbocycles. The summed E-state index contributed by atoms with van der Waals surface area (Å²) in [5.41, 5.74) is 0.711. The molecule has 19 heavy (non-hydrogen) atoms. The molecule has 0 amide bonds. The van der Waals surface area contributed by atoms with Crippen molar-refractivity contribution in [2.45, 2.75) is 25.8 Å². The van der Waals surface area contributed by atoms with E-state index in [0.29, 0.717) is 17.2 Å². The lowest BCUT2D eigenvalue weighted by molar-refractivity contribution is -0.384. The van der Waals surface area contributed by atoms with Gasteiger partial charge < -0.3 is 4.57 Å². The zero-order chi connectivity index (χ0) is 13.8. The first-order chi connectivity index (χ1) is 9.17. The third-order valence-corrected chi connectivity index (χ3v) is 2.95. The average Bonchev–Trinajstić information content (AvgIpc) is 2.82. The van der Waals surface area contributed by atoms with Gasteiger partial charge in [0.2, 0.25) is 0 Å². The van der Waals surface area contributed by atoms with Gasteiger partial charge in [0.1, 0.15) is 5.82 Å². The van der Waals surface area contributed by atoms with Crippen molar-refractivity contribution < 1.29 is 4.92 Å². The number of nitro groups is 1. The third kappa shape index (κ3) is 2.73. The number of benzene rings is 1. The molecule has 0 unspecified atom stereocenters. The molecule has 0 aliphatic carbocycles. The molecule has 0 aliphatic rings. The smallest absolute Gasteiger partial charge is 0.270 e. The summed E-state index contributed by atoms with van der Waals surface area (Å²) in [6.45, 7) is 2.77. The van der Waals surface area contributed by atoms with E-state index < -0.39 is 4.92 Å². The highest BCUT2D eigenvalue weighted by molar-refractivity contribution is 6.16. The lowest BCUT2D eigenvalue weighted by Gasteiger charge is -2.07. The number of nitro benzene ring substituents is 1. The van der Waals surface area contributed by atoms with Crippen LogP contribution in [0, 0.1) is 10.1 Å².